The van der Waals surface area contributed by atoms with Crippen molar-refractivity contribution in [2.75, 3.05) is 19.8 Å². The first kappa shape index (κ1) is 20.6. The summed E-state index contributed by atoms with van der Waals surface area (Å²) in [5, 5.41) is 3.03. The van der Waals surface area contributed by atoms with Gasteiger partial charge in [-0.05, 0) is 42.5 Å². The minimum Gasteiger partial charge on any atom is -0.492 e. The molecule has 0 bridgehead atoms. The molecule has 9 heteroatoms. The molecule has 0 fully saturated rings. The monoisotopic (exact) mass is 401 g/mol. The standard InChI is InChI=1S/C18H15ClF3NO4/c19-14-4-6-15(7-5-14)26-9-8-23-16(24)11-27-17(25)12-2-1-3-13(10-12)18(20,21)22/h1-7,10H,8-9,11H2,(H,23,24). The zero-order valence-corrected chi connectivity index (χ0v) is 14.6. The SMILES string of the molecule is O=C(COC(=O)c1cccc(C(F)(F)F)c1)NCCOc1ccc(Cl)cc1. The van der Waals surface area contributed by atoms with Crippen molar-refractivity contribution in [3.05, 3.63) is 64.7 Å². The maximum Gasteiger partial charge on any atom is 0.416 e. The van der Waals surface area contributed by atoms with Crippen LogP contribution in [-0.4, -0.2) is 31.6 Å². The van der Waals surface area contributed by atoms with E-state index in [2.05, 4.69) is 5.32 Å². The highest BCUT2D eigenvalue weighted by Crippen LogP contribution is 2.29. The fraction of sp³-hybridized carbons (Fsp3) is 0.222. The summed E-state index contributed by atoms with van der Waals surface area (Å²) in [5.74, 6) is -1.05. The van der Waals surface area contributed by atoms with Crippen LogP contribution in [0.1, 0.15) is 15.9 Å². The zero-order chi connectivity index (χ0) is 19.9. The maximum absolute atomic E-state index is 12.6. The molecule has 0 aliphatic heterocycles. The predicted octanol–water partition coefficient (Wildman–Crippen LogP) is 3.71. The molecule has 2 aromatic carbocycles. The van der Waals surface area contributed by atoms with Crippen molar-refractivity contribution in [3.8, 4) is 5.75 Å². The molecular formula is C18H15ClF3NO4. The summed E-state index contributed by atoms with van der Waals surface area (Å²) in [6.45, 7) is -0.284. The largest absolute Gasteiger partial charge is 0.492 e. The molecule has 5 nitrogen and oxygen atoms in total. The van der Waals surface area contributed by atoms with Crippen LogP contribution in [0.5, 0.6) is 5.75 Å². The second kappa shape index (κ2) is 9.27. The predicted molar refractivity (Wildman–Crippen MR) is 91.7 cm³/mol. The lowest BCUT2D eigenvalue weighted by molar-refractivity contribution is -0.137. The first-order valence-corrected chi connectivity index (χ1v) is 8.13. The molecule has 0 unspecified atom stereocenters. The highest BCUT2D eigenvalue weighted by atomic mass is 35.5. The van der Waals surface area contributed by atoms with Gasteiger partial charge in [-0.1, -0.05) is 17.7 Å². The Kier molecular flexibility index (Phi) is 7.06. The van der Waals surface area contributed by atoms with Gasteiger partial charge in [-0.15, -0.1) is 0 Å². The van der Waals surface area contributed by atoms with Crippen molar-refractivity contribution in [2.45, 2.75) is 6.18 Å². The van der Waals surface area contributed by atoms with E-state index in [1.165, 1.54) is 6.07 Å². The lowest BCUT2D eigenvalue weighted by Crippen LogP contribution is -2.32. The van der Waals surface area contributed by atoms with Crippen molar-refractivity contribution < 1.29 is 32.2 Å². The third-order valence-corrected chi connectivity index (χ3v) is 3.52. The molecule has 0 aromatic heterocycles. The number of hydrogen-bond donors (Lipinski definition) is 1. The van der Waals surface area contributed by atoms with E-state index in [4.69, 9.17) is 21.1 Å². The van der Waals surface area contributed by atoms with E-state index in [0.717, 1.165) is 12.1 Å². The van der Waals surface area contributed by atoms with E-state index < -0.39 is 30.2 Å². The van der Waals surface area contributed by atoms with Gasteiger partial charge in [0.1, 0.15) is 12.4 Å². The molecule has 2 rings (SSSR count). The number of hydrogen-bond acceptors (Lipinski definition) is 4. The quantitative estimate of drug-likeness (QED) is 0.567. The minimum atomic E-state index is -4.57. The van der Waals surface area contributed by atoms with Crippen LogP contribution in [0.15, 0.2) is 48.5 Å². The summed E-state index contributed by atoms with van der Waals surface area (Å²) < 4.78 is 48.0. The summed E-state index contributed by atoms with van der Waals surface area (Å²) in [4.78, 5) is 23.4. The average Bonchev–Trinajstić information content (AvgIpc) is 2.64. The molecule has 2 aromatic rings. The molecule has 0 atom stereocenters. The lowest BCUT2D eigenvalue weighted by Gasteiger charge is -2.10. The van der Waals surface area contributed by atoms with Gasteiger partial charge in [-0.3, -0.25) is 4.79 Å². The van der Waals surface area contributed by atoms with Crippen LogP contribution in [0.4, 0.5) is 13.2 Å². The normalized spacial score (nSPS) is 11.0. The molecule has 0 aliphatic carbocycles. The zero-order valence-electron chi connectivity index (χ0n) is 13.9. The van der Waals surface area contributed by atoms with Gasteiger partial charge < -0.3 is 14.8 Å². The van der Waals surface area contributed by atoms with Crippen molar-refractivity contribution in [3.63, 3.8) is 0 Å². The Morgan fingerprint density at radius 3 is 2.44 bits per heavy atom. The Morgan fingerprint density at radius 2 is 1.78 bits per heavy atom. The molecule has 0 saturated carbocycles. The lowest BCUT2D eigenvalue weighted by atomic mass is 10.1. The van der Waals surface area contributed by atoms with E-state index in [1.807, 2.05) is 0 Å². The number of nitrogens with one attached hydrogen (secondary N) is 1. The number of halogens is 4. The minimum absolute atomic E-state index is 0.155. The molecule has 144 valence electrons. The van der Waals surface area contributed by atoms with E-state index >= 15 is 0 Å². The fourth-order valence-corrected chi connectivity index (χ4v) is 2.10. The van der Waals surface area contributed by atoms with Crippen LogP contribution in [-0.2, 0) is 15.7 Å². The number of carbonyl (C=O) groups excluding carboxylic acids is 2. The molecule has 0 aliphatic rings. The molecule has 0 spiro atoms. The van der Waals surface area contributed by atoms with Crippen molar-refractivity contribution in [1.82, 2.24) is 5.32 Å². The highest BCUT2D eigenvalue weighted by molar-refractivity contribution is 6.30. The molecule has 27 heavy (non-hydrogen) atoms. The Labute approximate surface area is 158 Å². The third kappa shape index (κ3) is 6.82. The molecule has 0 radical (unpaired) electrons. The molecule has 0 saturated heterocycles. The van der Waals surface area contributed by atoms with E-state index in [0.29, 0.717) is 16.8 Å². The molecular weight excluding hydrogens is 387 g/mol. The van der Waals surface area contributed by atoms with Gasteiger partial charge in [-0.25, -0.2) is 4.79 Å². The molecule has 1 amide bonds. The Balaban J connectivity index is 1.72. The smallest absolute Gasteiger partial charge is 0.416 e. The van der Waals surface area contributed by atoms with Crippen molar-refractivity contribution >= 4 is 23.5 Å². The number of alkyl halides is 3. The summed E-state index contributed by atoms with van der Waals surface area (Å²) >= 11 is 5.74. The van der Waals surface area contributed by atoms with Crippen LogP contribution in [0, 0.1) is 0 Å². The second-order valence-corrected chi connectivity index (χ2v) is 5.74. The van der Waals surface area contributed by atoms with Gasteiger partial charge in [0.05, 0.1) is 17.7 Å². The topological polar surface area (TPSA) is 64.6 Å². The van der Waals surface area contributed by atoms with Gasteiger partial charge in [-0.2, -0.15) is 13.2 Å². The van der Waals surface area contributed by atoms with Crippen LogP contribution in [0.25, 0.3) is 0 Å². The third-order valence-electron chi connectivity index (χ3n) is 3.27. The van der Waals surface area contributed by atoms with E-state index in [-0.39, 0.29) is 18.7 Å². The summed E-state index contributed by atoms with van der Waals surface area (Å²) in [6.07, 6.45) is -4.57. The highest BCUT2D eigenvalue weighted by Gasteiger charge is 2.31. The average molecular weight is 402 g/mol. The van der Waals surface area contributed by atoms with E-state index in [1.54, 1.807) is 24.3 Å². The van der Waals surface area contributed by atoms with Crippen molar-refractivity contribution in [1.29, 1.82) is 0 Å². The Hall–Kier alpha value is -2.74. The molecule has 0 heterocycles. The van der Waals surface area contributed by atoms with Gasteiger partial charge in [0.15, 0.2) is 6.61 Å². The van der Waals surface area contributed by atoms with Crippen LogP contribution >= 0.6 is 11.6 Å². The number of benzene rings is 2. The van der Waals surface area contributed by atoms with Crippen molar-refractivity contribution in [2.24, 2.45) is 0 Å². The summed E-state index contributed by atoms with van der Waals surface area (Å²) in [6, 6.07) is 10.4. The van der Waals surface area contributed by atoms with Gasteiger partial charge in [0, 0.05) is 5.02 Å². The van der Waals surface area contributed by atoms with Gasteiger partial charge in [0.2, 0.25) is 0 Å². The number of rotatable bonds is 7. The van der Waals surface area contributed by atoms with Crippen LogP contribution in [0.2, 0.25) is 5.02 Å². The number of amides is 1. The summed E-state index contributed by atoms with van der Waals surface area (Å²) in [7, 11) is 0. The van der Waals surface area contributed by atoms with Gasteiger partial charge >= 0.3 is 12.1 Å². The fourth-order valence-electron chi connectivity index (χ4n) is 1.98. The Bertz CT molecular complexity index is 794. The van der Waals surface area contributed by atoms with Crippen LogP contribution < -0.4 is 10.1 Å². The second-order valence-electron chi connectivity index (χ2n) is 5.31. The maximum atomic E-state index is 12.6. The number of esters is 1. The first-order chi connectivity index (χ1) is 12.8. The number of ether oxygens (including phenoxy) is 2. The van der Waals surface area contributed by atoms with Gasteiger partial charge in [0.25, 0.3) is 5.91 Å². The molecule has 1 N–H and O–H groups in total. The first-order valence-electron chi connectivity index (χ1n) is 7.75. The van der Waals surface area contributed by atoms with E-state index in [9.17, 15) is 22.8 Å². The van der Waals surface area contributed by atoms with Crippen LogP contribution in [0.3, 0.4) is 0 Å². The Morgan fingerprint density at radius 1 is 1.07 bits per heavy atom. The number of carbonyl (C=O) groups is 2. The summed E-state index contributed by atoms with van der Waals surface area (Å²) in [5.41, 5.74) is -1.26.